The minimum atomic E-state index is -3.23. The minimum absolute atomic E-state index is 0.0528. The first-order chi connectivity index (χ1) is 10.2. The zero-order valence-corrected chi connectivity index (χ0v) is 13.4. The Labute approximate surface area is 128 Å². The average Bonchev–Trinajstić information content (AvgIpc) is 2.73. The highest BCUT2D eigenvalue weighted by molar-refractivity contribution is 7.88. The maximum atomic E-state index is 12.0. The van der Waals surface area contributed by atoms with Gasteiger partial charge in [0.05, 0.1) is 5.75 Å². The quantitative estimate of drug-likeness (QED) is 0.601. The van der Waals surface area contributed by atoms with Crippen molar-refractivity contribution < 1.29 is 8.42 Å². The standard InChI is InChI=1S/C16H26N2O2S/c19-21(20,14-15-8-4-3-5-9-15)18-13-12-17-16-10-6-1-2-7-11-16/h3-5,8-9,16-18H,1-2,6-7,10-14H2. The van der Waals surface area contributed by atoms with Gasteiger partial charge in [0.15, 0.2) is 0 Å². The van der Waals surface area contributed by atoms with E-state index in [1.54, 1.807) is 0 Å². The topological polar surface area (TPSA) is 58.2 Å². The van der Waals surface area contributed by atoms with E-state index in [0.717, 1.165) is 5.56 Å². The van der Waals surface area contributed by atoms with Gasteiger partial charge in [-0.3, -0.25) is 0 Å². The molecule has 0 atom stereocenters. The van der Waals surface area contributed by atoms with Crippen LogP contribution >= 0.6 is 0 Å². The van der Waals surface area contributed by atoms with Crippen molar-refractivity contribution in [2.24, 2.45) is 0 Å². The van der Waals surface area contributed by atoms with Crippen molar-refractivity contribution in [2.45, 2.75) is 50.3 Å². The molecular formula is C16H26N2O2S. The molecule has 0 amide bonds. The molecule has 1 aliphatic rings. The molecule has 1 aromatic carbocycles. The molecule has 0 aliphatic heterocycles. The molecule has 0 radical (unpaired) electrons. The summed E-state index contributed by atoms with van der Waals surface area (Å²) in [6.07, 6.45) is 7.69. The summed E-state index contributed by atoms with van der Waals surface area (Å²) in [5, 5.41) is 3.47. The monoisotopic (exact) mass is 310 g/mol. The van der Waals surface area contributed by atoms with E-state index in [-0.39, 0.29) is 5.75 Å². The van der Waals surface area contributed by atoms with Gasteiger partial charge in [-0.1, -0.05) is 56.0 Å². The smallest absolute Gasteiger partial charge is 0.215 e. The number of hydrogen-bond acceptors (Lipinski definition) is 3. The van der Waals surface area contributed by atoms with Crippen LogP contribution < -0.4 is 10.0 Å². The summed E-state index contributed by atoms with van der Waals surface area (Å²) >= 11 is 0. The molecule has 0 aromatic heterocycles. The molecule has 0 spiro atoms. The van der Waals surface area contributed by atoms with Crippen molar-refractivity contribution in [3.8, 4) is 0 Å². The normalized spacial score (nSPS) is 17.5. The summed E-state index contributed by atoms with van der Waals surface area (Å²) in [5.74, 6) is 0.0528. The van der Waals surface area contributed by atoms with Gasteiger partial charge in [0.2, 0.25) is 10.0 Å². The molecule has 0 bridgehead atoms. The van der Waals surface area contributed by atoms with Crippen LogP contribution in [0.3, 0.4) is 0 Å². The van der Waals surface area contributed by atoms with Crippen LogP contribution in [0.2, 0.25) is 0 Å². The summed E-state index contributed by atoms with van der Waals surface area (Å²) in [4.78, 5) is 0. The fraction of sp³-hybridized carbons (Fsp3) is 0.625. The van der Waals surface area contributed by atoms with E-state index in [2.05, 4.69) is 10.0 Å². The first-order valence-electron chi connectivity index (χ1n) is 7.90. The van der Waals surface area contributed by atoms with Gasteiger partial charge in [0.25, 0.3) is 0 Å². The SMILES string of the molecule is O=S(=O)(Cc1ccccc1)NCCNC1CCCCCC1. The molecular weight excluding hydrogens is 284 g/mol. The van der Waals surface area contributed by atoms with Crippen LogP contribution in [0.25, 0.3) is 0 Å². The van der Waals surface area contributed by atoms with Gasteiger partial charge in [0.1, 0.15) is 0 Å². The van der Waals surface area contributed by atoms with Crippen molar-refractivity contribution in [3.63, 3.8) is 0 Å². The Morgan fingerprint density at radius 1 is 0.952 bits per heavy atom. The molecule has 0 heterocycles. The third-order valence-corrected chi connectivity index (χ3v) is 5.29. The molecule has 4 nitrogen and oxygen atoms in total. The summed E-state index contributed by atoms with van der Waals surface area (Å²) < 4.78 is 26.6. The van der Waals surface area contributed by atoms with Gasteiger partial charge in [0, 0.05) is 19.1 Å². The second kappa shape index (κ2) is 8.51. The molecule has 118 valence electrons. The Bertz CT molecular complexity index is 494. The number of hydrogen-bond donors (Lipinski definition) is 2. The Morgan fingerprint density at radius 2 is 1.62 bits per heavy atom. The van der Waals surface area contributed by atoms with Crippen LogP contribution in [-0.2, 0) is 15.8 Å². The molecule has 0 unspecified atom stereocenters. The van der Waals surface area contributed by atoms with E-state index in [4.69, 9.17) is 0 Å². The van der Waals surface area contributed by atoms with Gasteiger partial charge in [-0.25, -0.2) is 13.1 Å². The second-order valence-electron chi connectivity index (χ2n) is 5.78. The number of rotatable bonds is 7. The fourth-order valence-electron chi connectivity index (χ4n) is 2.81. The van der Waals surface area contributed by atoms with E-state index in [1.165, 1.54) is 38.5 Å². The highest BCUT2D eigenvalue weighted by Crippen LogP contribution is 2.16. The van der Waals surface area contributed by atoms with Gasteiger partial charge >= 0.3 is 0 Å². The number of nitrogens with one attached hydrogen (secondary N) is 2. The lowest BCUT2D eigenvalue weighted by Crippen LogP contribution is -2.37. The Hall–Kier alpha value is -0.910. The van der Waals surface area contributed by atoms with E-state index in [9.17, 15) is 8.42 Å². The van der Waals surface area contributed by atoms with Gasteiger partial charge < -0.3 is 5.32 Å². The first kappa shape index (κ1) is 16.5. The van der Waals surface area contributed by atoms with E-state index in [1.807, 2.05) is 30.3 Å². The van der Waals surface area contributed by atoms with Crippen molar-refractivity contribution in [1.29, 1.82) is 0 Å². The van der Waals surface area contributed by atoms with E-state index >= 15 is 0 Å². The first-order valence-corrected chi connectivity index (χ1v) is 9.55. The molecule has 2 rings (SSSR count). The second-order valence-corrected chi connectivity index (χ2v) is 7.59. The summed E-state index contributed by atoms with van der Waals surface area (Å²) in [6, 6.07) is 9.84. The van der Waals surface area contributed by atoms with Crippen LogP contribution in [0.15, 0.2) is 30.3 Å². The zero-order chi connectivity index (χ0) is 15.0. The van der Waals surface area contributed by atoms with Crippen LogP contribution in [0, 0.1) is 0 Å². The molecule has 1 aromatic rings. The maximum Gasteiger partial charge on any atom is 0.215 e. The fourth-order valence-corrected chi connectivity index (χ4v) is 3.96. The maximum absolute atomic E-state index is 12.0. The number of benzene rings is 1. The lowest BCUT2D eigenvalue weighted by Gasteiger charge is -2.16. The van der Waals surface area contributed by atoms with Gasteiger partial charge in [-0.15, -0.1) is 0 Å². The van der Waals surface area contributed by atoms with Crippen molar-refractivity contribution >= 4 is 10.0 Å². The molecule has 0 saturated heterocycles. The zero-order valence-electron chi connectivity index (χ0n) is 12.6. The molecule has 5 heteroatoms. The molecule has 1 aliphatic carbocycles. The summed E-state index contributed by atoms with van der Waals surface area (Å²) in [6.45, 7) is 1.17. The predicted molar refractivity (Wildman–Crippen MR) is 86.6 cm³/mol. The molecule has 21 heavy (non-hydrogen) atoms. The van der Waals surface area contributed by atoms with Crippen molar-refractivity contribution in [2.75, 3.05) is 13.1 Å². The Balaban J connectivity index is 1.67. The predicted octanol–water partition coefficient (Wildman–Crippen LogP) is 2.42. The third-order valence-electron chi connectivity index (χ3n) is 3.93. The van der Waals surface area contributed by atoms with Crippen LogP contribution in [0.1, 0.15) is 44.1 Å². The summed E-state index contributed by atoms with van der Waals surface area (Å²) in [5.41, 5.74) is 0.821. The third kappa shape index (κ3) is 6.59. The van der Waals surface area contributed by atoms with Crippen molar-refractivity contribution in [3.05, 3.63) is 35.9 Å². The largest absolute Gasteiger partial charge is 0.313 e. The average molecular weight is 310 g/mol. The molecule has 1 saturated carbocycles. The molecule has 1 fully saturated rings. The Morgan fingerprint density at radius 3 is 2.29 bits per heavy atom. The van der Waals surface area contributed by atoms with Crippen molar-refractivity contribution in [1.82, 2.24) is 10.0 Å². The van der Waals surface area contributed by atoms with Crippen LogP contribution in [-0.4, -0.2) is 27.5 Å². The lowest BCUT2D eigenvalue weighted by atomic mass is 10.1. The lowest BCUT2D eigenvalue weighted by molar-refractivity contribution is 0.461. The highest BCUT2D eigenvalue weighted by Gasteiger charge is 2.13. The van der Waals surface area contributed by atoms with Crippen LogP contribution in [0.5, 0.6) is 0 Å². The number of sulfonamides is 1. The summed E-state index contributed by atoms with van der Waals surface area (Å²) in [7, 11) is -3.23. The van der Waals surface area contributed by atoms with Gasteiger partial charge in [-0.2, -0.15) is 0 Å². The minimum Gasteiger partial charge on any atom is -0.313 e. The molecule has 2 N–H and O–H groups in total. The van der Waals surface area contributed by atoms with Crippen LogP contribution in [0.4, 0.5) is 0 Å². The Kier molecular flexibility index (Phi) is 6.67. The van der Waals surface area contributed by atoms with Gasteiger partial charge in [-0.05, 0) is 18.4 Å². The van der Waals surface area contributed by atoms with E-state index in [0.29, 0.717) is 19.1 Å². The highest BCUT2D eigenvalue weighted by atomic mass is 32.2. The van der Waals surface area contributed by atoms with E-state index < -0.39 is 10.0 Å².